The van der Waals surface area contributed by atoms with Crippen molar-refractivity contribution in [1.29, 1.82) is 0 Å². The number of halogens is 1. The number of hydrogen-bond acceptors (Lipinski definition) is 4. The lowest BCUT2D eigenvalue weighted by molar-refractivity contribution is 0.103. The molecule has 1 aromatic carbocycles. The molecule has 148 valence electrons. The minimum Gasteiger partial charge on any atom is -0.321 e. The molecule has 0 atom stereocenters. The van der Waals surface area contributed by atoms with Crippen molar-refractivity contribution in [1.82, 2.24) is 14.8 Å². The highest BCUT2D eigenvalue weighted by Gasteiger charge is 2.20. The maximum atomic E-state index is 12.8. The molecule has 3 aromatic rings. The van der Waals surface area contributed by atoms with Gasteiger partial charge in [-0.25, -0.2) is 9.67 Å². The molecule has 0 aliphatic rings. The Kier molecular flexibility index (Phi) is 6.20. The zero-order chi connectivity index (χ0) is 20.4. The van der Waals surface area contributed by atoms with Crippen molar-refractivity contribution >= 4 is 34.5 Å². The van der Waals surface area contributed by atoms with E-state index in [2.05, 4.69) is 29.2 Å². The monoisotopic (exact) mass is 416 g/mol. The first-order chi connectivity index (χ1) is 13.3. The Morgan fingerprint density at radius 2 is 1.96 bits per heavy atom. The van der Waals surface area contributed by atoms with Crippen molar-refractivity contribution in [2.45, 2.75) is 53.9 Å². The predicted molar refractivity (Wildman–Crippen MR) is 116 cm³/mol. The number of nitrogens with one attached hydrogen (secondary N) is 1. The van der Waals surface area contributed by atoms with Gasteiger partial charge in [-0.2, -0.15) is 5.10 Å². The average molecular weight is 417 g/mol. The number of nitrogens with zero attached hydrogens (tertiary/aromatic N) is 3. The van der Waals surface area contributed by atoms with E-state index in [1.54, 1.807) is 6.07 Å². The summed E-state index contributed by atoms with van der Waals surface area (Å²) >= 11 is 7.51. The van der Waals surface area contributed by atoms with Gasteiger partial charge in [-0.15, -0.1) is 0 Å². The zero-order valence-electron chi connectivity index (χ0n) is 16.9. The van der Waals surface area contributed by atoms with Gasteiger partial charge in [0.2, 0.25) is 5.13 Å². The molecule has 0 spiro atoms. The molecule has 0 fully saturated rings. The lowest BCUT2D eigenvalue weighted by Gasteiger charge is -2.06. The second-order valence-corrected chi connectivity index (χ2v) is 8.38. The summed E-state index contributed by atoms with van der Waals surface area (Å²) in [7, 11) is 0. The summed E-state index contributed by atoms with van der Waals surface area (Å²) in [6, 6.07) is 5.49. The van der Waals surface area contributed by atoms with Crippen LogP contribution in [0.2, 0.25) is 5.02 Å². The quantitative estimate of drug-likeness (QED) is 0.551. The van der Waals surface area contributed by atoms with E-state index in [1.807, 2.05) is 37.6 Å². The molecule has 5 nitrogen and oxygen atoms in total. The van der Waals surface area contributed by atoms with Gasteiger partial charge in [0, 0.05) is 16.4 Å². The summed E-state index contributed by atoms with van der Waals surface area (Å²) in [4.78, 5) is 17.9. The van der Waals surface area contributed by atoms with E-state index in [1.165, 1.54) is 16.9 Å². The third kappa shape index (κ3) is 4.13. The summed E-state index contributed by atoms with van der Waals surface area (Å²) in [5.74, 6) is -0.186. The second kappa shape index (κ2) is 8.45. The second-order valence-electron chi connectivity index (χ2n) is 6.99. The molecule has 2 heterocycles. The Morgan fingerprint density at radius 1 is 1.21 bits per heavy atom. The van der Waals surface area contributed by atoms with Crippen molar-refractivity contribution in [2.24, 2.45) is 0 Å². The summed E-state index contributed by atoms with van der Waals surface area (Å²) in [5, 5.41) is 8.92. The highest BCUT2D eigenvalue weighted by molar-refractivity contribution is 7.16. The Hall–Kier alpha value is -2.18. The van der Waals surface area contributed by atoms with Crippen LogP contribution in [0.25, 0.3) is 5.13 Å². The molecular formula is C21H25ClN4OS. The maximum absolute atomic E-state index is 12.8. The van der Waals surface area contributed by atoms with E-state index in [4.69, 9.17) is 11.6 Å². The number of carbonyl (C=O) groups excluding carboxylic acids is 1. The molecule has 0 aliphatic carbocycles. The smallest absolute Gasteiger partial charge is 0.267 e. The van der Waals surface area contributed by atoms with Gasteiger partial charge >= 0.3 is 0 Å². The third-order valence-corrected chi connectivity index (χ3v) is 6.36. The number of benzene rings is 1. The average Bonchev–Trinajstić information content (AvgIpc) is 3.16. The van der Waals surface area contributed by atoms with Crippen LogP contribution >= 0.6 is 22.9 Å². The molecule has 0 saturated carbocycles. The SMILES string of the molecule is CCCCc1c(C)nn(-c2nc(C)c(C(=O)Nc3ccc(C)c(Cl)c3)s2)c1C. The minimum absolute atomic E-state index is 0.186. The highest BCUT2D eigenvalue weighted by Crippen LogP contribution is 2.27. The largest absolute Gasteiger partial charge is 0.321 e. The van der Waals surface area contributed by atoms with E-state index >= 15 is 0 Å². The van der Waals surface area contributed by atoms with Gasteiger partial charge < -0.3 is 5.32 Å². The van der Waals surface area contributed by atoms with Crippen LogP contribution in [0, 0.1) is 27.7 Å². The lowest BCUT2D eigenvalue weighted by atomic mass is 10.1. The fourth-order valence-electron chi connectivity index (χ4n) is 3.12. The van der Waals surface area contributed by atoms with Crippen LogP contribution in [-0.2, 0) is 6.42 Å². The maximum Gasteiger partial charge on any atom is 0.267 e. The van der Waals surface area contributed by atoms with Gasteiger partial charge in [-0.1, -0.05) is 42.3 Å². The molecule has 0 aliphatic heterocycles. The fourth-order valence-corrected chi connectivity index (χ4v) is 4.27. The van der Waals surface area contributed by atoms with E-state index in [0.29, 0.717) is 26.4 Å². The Balaban J connectivity index is 1.87. The summed E-state index contributed by atoms with van der Waals surface area (Å²) < 4.78 is 1.86. The Labute approximate surface area is 174 Å². The van der Waals surface area contributed by atoms with Gasteiger partial charge in [0.25, 0.3) is 5.91 Å². The molecule has 7 heteroatoms. The molecule has 1 amide bonds. The van der Waals surface area contributed by atoms with Crippen molar-refractivity contribution in [3.8, 4) is 5.13 Å². The number of amides is 1. The number of aryl methyl sites for hydroxylation is 3. The first-order valence-corrected chi connectivity index (χ1v) is 10.6. The summed E-state index contributed by atoms with van der Waals surface area (Å²) in [5.41, 5.74) is 5.73. The molecule has 1 N–H and O–H groups in total. The van der Waals surface area contributed by atoms with Crippen LogP contribution < -0.4 is 5.32 Å². The van der Waals surface area contributed by atoms with Crippen LogP contribution in [0.15, 0.2) is 18.2 Å². The molecule has 0 unspecified atom stereocenters. The molecule has 3 rings (SSSR count). The molecule has 0 saturated heterocycles. The number of aromatic nitrogens is 3. The van der Waals surface area contributed by atoms with Gasteiger partial charge in [-0.05, 0) is 63.8 Å². The number of carbonyl (C=O) groups is 1. The van der Waals surface area contributed by atoms with E-state index < -0.39 is 0 Å². The normalized spacial score (nSPS) is 11.1. The number of rotatable bonds is 6. The van der Waals surface area contributed by atoms with Crippen LogP contribution in [0.1, 0.15) is 57.6 Å². The van der Waals surface area contributed by atoms with Crippen molar-refractivity contribution in [3.05, 3.63) is 56.3 Å². The number of anilines is 1. The lowest BCUT2D eigenvalue weighted by Crippen LogP contribution is -2.11. The van der Waals surface area contributed by atoms with E-state index in [0.717, 1.165) is 36.2 Å². The molecule has 2 aromatic heterocycles. The van der Waals surface area contributed by atoms with Crippen LogP contribution in [0.4, 0.5) is 5.69 Å². The molecular weight excluding hydrogens is 392 g/mol. The summed E-state index contributed by atoms with van der Waals surface area (Å²) in [6.07, 6.45) is 3.30. The molecule has 0 radical (unpaired) electrons. The fraction of sp³-hybridized carbons (Fsp3) is 0.381. The Bertz CT molecular complexity index is 1020. The van der Waals surface area contributed by atoms with E-state index in [-0.39, 0.29) is 5.91 Å². The molecule has 0 bridgehead atoms. The van der Waals surface area contributed by atoms with Gasteiger partial charge in [0.1, 0.15) is 4.88 Å². The number of thiazole rings is 1. The third-order valence-electron chi connectivity index (χ3n) is 4.82. The van der Waals surface area contributed by atoms with Gasteiger partial charge in [-0.3, -0.25) is 4.79 Å². The highest BCUT2D eigenvalue weighted by atomic mass is 35.5. The van der Waals surface area contributed by atoms with Gasteiger partial charge in [0.05, 0.1) is 11.4 Å². The van der Waals surface area contributed by atoms with E-state index in [9.17, 15) is 4.79 Å². The number of unbranched alkanes of at least 4 members (excludes halogenated alkanes) is 1. The van der Waals surface area contributed by atoms with Crippen molar-refractivity contribution in [2.75, 3.05) is 5.32 Å². The van der Waals surface area contributed by atoms with Crippen LogP contribution in [0.5, 0.6) is 0 Å². The first-order valence-electron chi connectivity index (χ1n) is 9.42. The van der Waals surface area contributed by atoms with Crippen molar-refractivity contribution < 1.29 is 4.79 Å². The first kappa shape index (κ1) is 20.6. The predicted octanol–water partition coefficient (Wildman–Crippen LogP) is 5.81. The van der Waals surface area contributed by atoms with Crippen LogP contribution in [-0.4, -0.2) is 20.7 Å². The number of hydrogen-bond donors (Lipinski definition) is 1. The standard InChI is InChI=1S/C21H25ClN4OS/c1-6-7-8-17-13(3)25-26(15(17)5)21-23-14(4)19(28-21)20(27)24-16-10-9-12(2)18(22)11-16/h9-11H,6-8H2,1-5H3,(H,24,27). The van der Waals surface area contributed by atoms with Crippen LogP contribution in [0.3, 0.4) is 0 Å². The minimum atomic E-state index is -0.186. The topological polar surface area (TPSA) is 59.8 Å². The van der Waals surface area contributed by atoms with Gasteiger partial charge in [0.15, 0.2) is 0 Å². The Morgan fingerprint density at radius 3 is 2.64 bits per heavy atom. The zero-order valence-corrected chi connectivity index (χ0v) is 18.5. The molecule has 28 heavy (non-hydrogen) atoms. The van der Waals surface area contributed by atoms with Crippen molar-refractivity contribution in [3.63, 3.8) is 0 Å². The summed E-state index contributed by atoms with van der Waals surface area (Å²) in [6.45, 7) is 10.1.